The number of hydrogen-bond donors (Lipinski definition) is 0. The highest BCUT2D eigenvalue weighted by molar-refractivity contribution is 6.07. The third kappa shape index (κ3) is 3.02. The van der Waals surface area contributed by atoms with Gasteiger partial charge in [0.15, 0.2) is 0 Å². The number of carbonyl (C=O) groups excluding carboxylic acids is 1. The van der Waals surface area contributed by atoms with Crippen LogP contribution in [0.2, 0.25) is 0 Å². The summed E-state index contributed by atoms with van der Waals surface area (Å²) in [6, 6.07) is 6.15. The molecule has 0 bridgehead atoms. The van der Waals surface area contributed by atoms with Gasteiger partial charge in [0.05, 0.1) is 16.5 Å². The topological polar surface area (TPSA) is 56.5 Å². The van der Waals surface area contributed by atoms with Crippen LogP contribution in [0.15, 0.2) is 41.5 Å². The molecule has 5 rings (SSSR count). The number of nitrogens with zero attached hydrogens (tertiary/aromatic N) is 3. The second kappa shape index (κ2) is 6.63. The normalized spacial score (nSPS) is 22.3. The maximum Gasteiger partial charge on any atom is 0.573 e. The van der Waals surface area contributed by atoms with Crippen molar-refractivity contribution in [1.82, 2.24) is 14.0 Å². The molecule has 2 fully saturated rings. The van der Waals surface area contributed by atoms with Gasteiger partial charge in [-0.15, -0.1) is 13.2 Å². The minimum absolute atomic E-state index is 0.0592. The van der Waals surface area contributed by atoms with Crippen molar-refractivity contribution in [3.05, 3.63) is 63.7 Å². The van der Waals surface area contributed by atoms with Crippen molar-refractivity contribution in [3.63, 3.8) is 0 Å². The molecule has 1 aromatic carbocycles. The molecule has 1 saturated carbocycles. The van der Waals surface area contributed by atoms with Crippen LogP contribution in [0.5, 0.6) is 5.75 Å². The summed E-state index contributed by atoms with van der Waals surface area (Å²) in [5.41, 5.74) is 1.58. The zero-order chi connectivity index (χ0) is 23.0. The molecule has 2 atom stereocenters. The maximum absolute atomic E-state index is 13.5. The third-order valence-corrected chi connectivity index (χ3v) is 6.79. The van der Waals surface area contributed by atoms with E-state index >= 15 is 0 Å². The summed E-state index contributed by atoms with van der Waals surface area (Å²) in [6.07, 6.45) is -0.688. The number of fused-ring (bicyclic) bond motifs is 2. The van der Waals surface area contributed by atoms with Crippen molar-refractivity contribution in [1.29, 1.82) is 0 Å². The van der Waals surface area contributed by atoms with Gasteiger partial charge < -0.3 is 18.8 Å². The first-order chi connectivity index (χ1) is 15.0. The summed E-state index contributed by atoms with van der Waals surface area (Å²) >= 11 is 0. The molecular formula is C23H22F3N3O3. The first-order valence-corrected chi connectivity index (χ1v) is 10.3. The van der Waals surface area contributed by atoms with E-state index in [1.807, 2.05) is 6.92 Å². The molecule has 1 amide bonds. The minimum atomic E-state index is -4.79. The van der Waals surface area contributed by atoms with E-state index in [2.05, 4.69) is 4.74 Å². The molecule has 1 saturated heterocycles. The molecule has 9 heteroatoms. The number of carbonyl (C=O) groups is 1. The maximum atomic E-state index is 13.5. The van der Waals surface area contributed by atoms with E-state index in [4.69, 9.17) is 0 Å². The van der Waals surface area contributed by atoms with Gasteiger partial charge in [0, 0.05) is 50.6 Å². The first-order valence-electron chi connectivity index (χ1n) is 10.3. The van der Waals surface area contributed by atoms with Gasteiger partial charge in [-0.1, -0.05) is 18.2 Å². The summed E-state index contributed by atoms with van der Waals surface area (Å²) in [6.45, 7) is 2.60. The lowest BCUT2D eigenvalue weighted by atomic mass is 9.94. The lowest BCUT2D eigenvalue weighted by Gasteiger charge is -2.23. The Bertz CT molecular complexity index is 1320. The molecule has 2 aromatic heterocycles. The number of amides is 1. The second-order valence-electron chi connectivity index (χ2n) is 8.89. The Hall–Kier alpha value is -3.23. The standard InChI is InChI=1S/C23H22F3N3O3/c1-13-9-28(3)21(31)18-15(11-27(2)19(13)18)20(30)29-10-14-8-22(14,12-29)16-6-4-5-7-17(16)32-23(24,25)26/h4-7,9,11,14H,8,10,12H2,1-3H3. The molecule has 2 aliphatic rings. The number of para-hydroxylation sites is 1. The van der Waals surface area contributed by atoms with Crippen LogP contribution in [0.3, 0.4) is 0 Å². The summed E-state index contributed by atoms with van der Waals surface area (Å²) in [7, 11) is 3.44. The molecule has 6 nitrogen and oxygen atoms in total. The monoisotopic (exact) mass is 445 g/mol. The molecule has 32 heavy (non-hydrogen) atoms. The van der Waals surface area contributed by atoms with Gasteiger partial charge in [0.1, 0.15) is 5.75 Å². The van der Waals surface area contributed by atoms with E-state index in [0.29, 0.717) is 35.0 Å². The van der Waals surface area contributed by atoms with Crippen LogP contribution in [0.25, 0.3) is 10.9 Å². The number of likely N-dealkylation sites (tertiary alicyclic amines) is 1. The number of piperidine rings is 1. The molecule has 168 valence electrons. The average Bonchev–Trinajstić information content (AvgIpc) is 3.09. The van der Waals surface area contributed by atoms with Crippen LogP contribution in [0, 0.1) is 12.8 Å². The number of alkyl halides is 3. The lowest BCUT2D eigenvalue weighted by molar-refractivity contribution is -0.275. The smallest absolute Gasteiger partial charge is 0.405 e. The van der Waals surface area contributed by atoms with E-state index in [1.165, 1.54) is 16.7 Å². The largest absolute Gasteiger partial charge is 0.573 e. The second-order valence-corrected chi connectivity index (χ2v) is 8.89. The van der Waals surface area contributed by atoms with Crippen molar-refractivity contribution in [2.75, 3.05) is 13.1 Å². The van der Waals surface area contributed by atoms with Crippen molar-refractivity contribution in [2.24, 2.45) is 20.0 Å². The number of aryl methyl sites for hydroxylation is 3. The van der Waals surface area contributed by atoms with Crippen molar-refractivity contribution in [2.45, 2.75) is 25.1 Å². The van der Waals surface area contributed by atoms with Crippen molar-refractivity contribution < 1.29 is 22.7 Å². The fraction of sp³-hybridized carbons (Fsp3) is 0.391. The van der Waals surface area contributed by atoms with Gasteiger partial charge in [-0.2, -0.15) is 0 Å². The quantitative estimate of drug-likeness (QED) is 0.620. The molecule has 0 N–H and O–H groups in total. The number of pyridine rings is 1. The molecule has 3 aromatic rings. The van der Waals surface area contributed by atoms with E-state index < -0.39 is 11.8 Å². The molecule has 1 aliphatic carbocycles. The third-order valence-electron chi connectivity index (χ3n) is 6.79. The van der Waals surface area contributed by atoms with Crippen LogP contribution >= 0.6 is 0 Å². The van der Waals surface area contributed by atoms with Crippen LogP contribution < -0.4 is 10.3 Å². The summed E-state index contributed by atoms with van der Waals surface area (Å²) in [5.74, 6) is -0.436. The van der Waals surface area contributed by atoms with Gasteiger partial charge in [-0.3, -0.25) is 9.59 Å². The van der Waals surface area contributed by atoms with E-state index in [1.54, 1.807) is 48.1 Å². The van der Waals surface area contributed by atoms with E-state index in [0.717, 1.165) is 5.56 Å². The Morgan fingerprint density at radius 2 is 1.88 bits per heavy atom. The Labute approximate surface area is 181 Å². The van der Waals surface area contributed by atoms with Gasteiger partial charge in [-0.25, -0.2) is 0 Å². The summed E-state index contributed by atoms with van der Waals surface area (Å²) < 4.78 is 46.2. The van der Waals surface area contributed by atoms with Gasteiger partial charge in [0.25, 0.3) is 11.5 Å². The molecule has 3 heterocycles. The Balaban J connectivity index is 1.50. The highest BCUT2D eigenvalue weighted by Gasteiger charge is 2.63. The average molecular weight is 445 g/mol. The number of rotatable bonds is 3. The molecule has 1 aliphatic heterocycles. The fourth-order valence-electron chi connectivity index (χ4n) is 5.38. The summed E-state index contributed by atoms with van der Waals surface area (Å²) in [4.78, 5) is 27.9. The van der Waals surface area contributed by atoms with Gasteiger partial charge in [-0.05, 0) is 30.9 Å². The van der Waals surface area contributed by atoms with E-state index in [9.17, 15) is 22.8 Å². The predicted octanol–water partition coefficient (Wildman–Crippen LogP) is 3.50. The van der Waals surface area contributed by atoms with Crippen molar-refractivity contribution >= 4 is 16.8 Å². The Morgan fingerprint density at radius 1 is 1.16 bits per heavy atom. The zero-order valence-electron chi connectivity index (χ0n) is 17.9. The fourth-order valence-corrected chi connectivity index (χ4v) is 5.38. The molecular weight excluding hydrogens is 423 g/mol. The Morgan fingerprint density at radius 3 is 2.59 bits per heavy atom. The number of halogens is 3. The van der Waals surface area contributed by atoms with Crippen molar-refractivity contribution in [3.8, 4) is 5.75 Å². The highest BCUT2D eigenvalue weighted by Crippen LogP contribution is 2.61. The number of hydrogen-bond acceptors (Lipinski definition) is 3. The highest BCUT2D eigenvalue weighted by atomic mass is 19.4. The number of aromatic nitrogens is 2. The van der Waals surface area contributed by atoms with Gasteiger partial charge >= 0.3 is 6.36 Å². The zero-order valence-corrected chi connectivity index (χ0v) is 17.9. The van der Waals surface area contributed by atoms with Crippen LogP contribution in [-0.2, 0) is 19.5 Å². The molecule has 0 spiro atoms. The molecule has 2 unspecified atom stereocenters. The van der Waals surface area contributed by atoms with E-state index in [-0.39, 0.29) is 29.7 Å². The minimum Gasteiger partial charge on any atom is -0.405 e. The Kier molecular flexibility index (Phi) is 4.28. The predicted molar refractivity (Wildman–Crippen MR) is 112 cm³/mol. The first kappa shape index (κ1) is 20.7. The molecule has 0 radical (unpaired) electrons. The number of ether oxygens (including phenoxy) is 1. The summed E-state index contributed by atoms with van der Waals surface area (Å²) in [5, 5.41) is 0.371. The van der Waals surface area contributed by atoms with Crippen LogP contribution in [0.1, 0.15) is 27.9 Å². The van der Waals surface area contributed by atoms with Gasteiger partial charge in [0.2, 0.25) is 0 Å². The van der Waals surface area contributed by atoms with Crippen LogP contribution in [-0.4, -0.2) is 39.4 Å². The lowest BCUT2D eigenvalue weighted by Crippen LogP contribution is -2.33. The number of benzene rings is 1. The SMILES string of the molecule is Cc1cn(C)c(=O)c2c(C(=O)N3CC4CC4(c4ccccc4OC(F)(F)F)C3)cn(C)c12. The van der Waals surface area contributed by atoms with Crippen LogP contribution in [0.4, 0.5) is 13.2 Å².